The molecule has 2 heteroatoms. The van der Waals surface area contributed by atoms with Gasteiger partial charge in [-0.1, -0.05) is 49.8 Å². The molecule has 0 radical (unpaired) electrons. The van der Waals surface area contributed by atoms with Gasteiger partial charge in [0.1, 0.15) is 5.92 Å². The average Bonchev–Trinajstić information content (AvgIpc) is 2.75. The Morgan fingerprint density at radius 1 is 0.957 bits per heavy atom. The van der Waals surface area contributed by atoms with Crippen LogP contribution in [-0.2, 0) is 9.59 Å². The molecule has 2 nitrogen and oxygen atoms in total. The summed E-state index contributed by atoms with van der Waals surface area (Å²) in [4.78, 5) is 25.4. The largest absolute Gasteiger partial charge is 0.294 e. The average molecular weight is 310 g/mol. The first-order chi connectivity index (χ1) is 11.0. The SMILES string of the molecule is Cc1cc(C)c(C2C(=O)C=C(CC3CCCCC3)C2=O)c(C)c1. The van der Waals surface area contributed by atoms with Crippen LogP contribution in [-0.4, -0.2) is 11.6 Å². The van der Waals surface area contributed by atoms with E-state index in [1.165, 1.54) is 37.7 Å². The summed E-state index contributed by atoms with van der Waals surface area (Å²) in [5.74, 6) is 0.0337. The van der Waals surface area contributed by atoms with Crippen molar-refractivity contribution in [1.82, 2.24) is 0 Å². The second-order valence-electron chi connectivity index (χ2n) is 7.39. The van der Waals surface area contributed by atoms with Crippen LogP contribution < -0.4 is 0 Å². The van der Waals surface area contributed by atoms with E-state index in [-0.39, 0.29) is 11.6 Å². The monoisotopic (exact) mass is 310 g/mol. The molecular formula is C21H26O2. The van der Waals surface area contributed by atoms with Gasteiger partial charge in [-0.05, 0) is 55.9 Å². The summed E-state index contributed by atoms with van der Waals surface area (Å²) in [7, 11) is 0. The predicted octanol–water partition coefficient (Wildman–Crippen LogP) is 4.74. The van der Waals surface area contributed by atoms with Gasteiger partial charge in [-0.2, -0.15) is 0 Å². The Kier molecular flexibility index (Phi) is 4.52. The summed E-state index contributed by atoms with van der Waals surface area (Å²) in [5, 5.41) is 0. The lowest BCUT2D eigenvalue weighted by atomic mass is 9.82. The Balaban J connectivity index is 1.84. The molecule has 1 aromatic carbocycles. The van der Waals surface area contributed by atoms with E-state index in [1.54, 1.807) is 6.08 Å². The number of allylic oxidation sites excluding steroid dienone is 2. The fourth-order valence-electron chi connectivity index (χ4n) is 4.42. The molecule has 1 aromatic rings. The maximum Gasteiger partial charge on any atom is 0.174 e. The molecule has 1 unspecified atom stereocenters. The molecule has 122 valence electrons. The van der Waals surface area contributed by atoms with Gasteiger partial charge in [0.15, 0.2) is 11.6 Å². The smallest absolute Gasteiger partial charge is 0.174 e. The third-order valence-corrected chi connectivity index (χ3v) is 5.44. The van der Waals surface area contributed by atoms with Crippen molar-refractivity contribution in [2.45, 2.75) is 65.2 Å². The molecule has 2 aliphatic rings. The van der Waals surface area contributed by atoms with Crippen molar-refractivity contribution in [3.63, 3.8) is 0 Å². The minimum absolute atomic E-state index is 0.0177. The number of carbonyl (C=O) groups is 2. The van der Waals surface area contributed by atoms with Gasteiger partial charge in [-0.25, -0.2) is 0 Å². The van der Waals surface area contributed by atoms with Crippen molar-refractivity contribution in [2.75, 3.05) is 0 Å². The number of benzene rings is 1. The molecule has 2 aliphatic carbocycles. The predicted molar refractivity (Wildman–Crippen MR) is 92.7 cm³/mol. The molecule has 0 aliphatic heterocycles. The van der Waals surface area contributed by atoms with Crippen molar-refractivity contribution >= 4 is 11.6 Å². The Morgan fingerprint density at radius 2 is 1.57 bits per heavy atom. The summed E-state index contributed by atoms with van der Waals surface area (Å²) in [6.07, 6.45) is 8.68. The van der Waals surface area contributed by atoms with Gasteiger partial charge in [-0.15, -0.1) is 0 Å². The quantitative estimate of drug-likeness (QED) is 0.755. The van der Waals surface area contributed by atoms with Crippen molar-refractivity contribution in [2.24, 2.45) is 5.92 Å². The molecule has 3 rings (SSSR count). The van der Waals surface area contributed by atoms with E-state index in [9.17, 15) is 9.59 Å². The maximum absolute atomic E-state index is 12.9. The van der Waals surface area contributed by atoms with Gasteiger partial charge < -0.3 is 0 Å². The van der Waals surface area contributed by atoms with Crippen molar-refractivity contribution < 1.29 is 9.59 Å². The van der Waals surface area contributed by atoms with Gasteiger partial charge in [0, 0.05) is 5.57 Å². The molecule has 1 saturated carbocycles. The van der Waals surface area contributed by atoms with Crippen LogP contribution in [0.15, 0.2) is 23.8 Å². The standard InChI is InChI=1S/C21H26O2/c1-13-9-14(2)19(15(3)10-13)20-18(22)12-17(21(20)23)11-16-7-5-4-6-8-16/h9-10,12,16,20H,4-8,11H2,1-3H3. The topological polar surface area (TPSA) is 34.1 Å². The van der Waals surface area contributed by atoms with E-state index in [0.717, 1.165) is 28.7 Å². The zero-order chi connectivity index (χ0) is 16.6. The van der Waals surface area contributed by atoms with E-state index < -0.39 is 5.92 Å². The molecule has 0 heterocycles. The van der Waals surface area contributed by atoms with E-state index in [2.05, 4.69) is 19.1 Å². The number of Topliss-reactive ketones (excluding diaryl/α,β-unsaturated/α-hetero) is 1. The number of rotatable bonds is 3. The Bertz CT molecular complexity index is 652. The lowest BCUT2D eigenvalue weighted by Crippen LogP contribution is -2.18. The zero-order valence-electron chi connectivity index (χ0n) is 14.4. The summed E-state index contributed by atoms with van der Waals surface area (Å²) in [6, 6.07) is 4.14. The van der Waals surface area contributed by atoms with E-state index in [1.807, 2.05) is 13.8 Å². The van der Waals surface area contributed by atoms with E-state index in [0.29, 0.717) is 5.92 Å². The number of carbonyl (C=O) groups excluding carboxylic acids is 2. The molecule has 0 N–H and O–H groups in total. The van der Waals surface area contributed by atoms with Gasteiger partial charge in [0.25, 0.3) is 0 Å². The lowest BCUT2D eigenvalue weighted by Gasteiger charge is -2.22. The van der Waals surface area contributed by atoms with Gasteiger partial charge in [-0.3, -0.25) is 9.59 Å². The number of aryl methyl sites for hydroxylation is 3. The first kappa shape index (κ1) is 16.2. The lowest BCUT2D eigenvalue weighted by molar-refractivity contribution is -0.123. The third kappa shape index (κ3) is 3.17. The normalized spacial score (nSPS) is 22.6. The first-order valence-corrected chi connectivity index (χ1v) is 8.83. The molecule has 0 saturated heterocycles. The van der Waals surface area contributed by atoms with Crippen molar-refractivity contribution in [3.8, 4) is 0 Å². The van der Waals surface area contributed by atoms with Crippen LogP contribution in [0.1, 0.15) is 66.7 Å². The maximum atomic E-state index is 12.9. The molecule has 1 fully saturated rings. The first-order valence-electron chi connectivity index (χ1n) is 8.83. The highest BCUT2D eigenvalue weighted by Crippen LogP contribution is 2.37. The zero-order valence-corrected chi connectivity index (χ0v) is 14.4. The number of ketones is 2. The number of hydrogen-bond donors (Lipinski definition) is 0. The number of hydrogen-bond acceptors (Lipinski definition) is 2. The van der Waals surface area contributed by atoms with Gasteiger partial charge in [0.05, 0.1) is 0 Å². The highest BCUT2D eigenvalue weighted by Gasteiger charge is 2.38. The summed E-state index contributed by atoms with van der Waals surface area (Å²) < 4.78 is 0. The van der Waals surface area contributed by atoms with Crippen LogP contribution in [0.3, 0.4) is 0 Å². The van der Waals surface area contributed by atoms with Gasteiger partial charge in [0.2, 0.25) is 0 Å². The molecule has 0 amide bonds. The second kappa shape index (κ2) is 6.43. The Labute approximate surface area is 139 Å². The molecule has 0 spiro atoms. The summed E-state index contributed by atoms with van der Waals surface area (Å²) >= 11 is 0. The minimum Gasteiger partial charge on any atom is -0.294 e. The second-order valence-corrected chi connectivity index (χ2v) is 7.39. The Hall–Kier alpha value is -1.70. The van der Waals surface area contributed by atoms with Crippen LogP contribution in [0.5, 0.6) is 0 Å². The minimum atomic E-state index is -0.589. The van der Waals surface area contributed by atoms with Crippen LogP contribution in [0.25, 0.3) is 0 Å². The fraction of sp³-hybridized carbons (Fsp3) is 0.524. The van der Waals surface area contributed by atoms with Crippen LogP contribution >= 0.6 is 0 Å². The highest BCUT2D eigenvalue weighted by atomic mass is 16.2. The Morgan fingerprint density at radius 3 is 2.17 bits per heavy atom. The highest BCUT2D eigenvalue weighted by molar-refractivity contribution is 6.25. The van der Waals surface area contributed by atoms with Gasteiger partial charge >= 0.3 is 0 Å². The molecular weight excluding hydrogens is 284 g/mol. The van der Waals surface area contributed by atoms with Crippen molar-refractivity contribution in [1.29, 1.82) is 0 Å². The molecule has 0 bridgehead atoms. The molecule has 0 aromatic heterocycles. The van der Waals surface area contributed by atoms with Crippen LogP contribution in [0, 0.1) is 26.7 Å². The molecule has 1 atom stereocenters. The fourth-order valence-corrected chi connectivity index (χ4v) is 4.42. The van der Waals surface area contributed by atoms with Crippen molar-refractivity contribution in [3.05, 3.63) is 46.0 Å². The summed E-state index contributed by atoms with van der Waals surface area (Å²) in [6.45, 7) is 6.07. The third-order valence-electron chi connectivity index (χ3n) is 5.44. The van der Waals surface area contributed by atoms with Crippen LogP contribution in [0.2, 0.25) is 0 Å². The van der Waals surface area contributed by atoms with E-state index in [4.69, 9.17) is 0 Å². The summed E-state index contributed by atoms with van der Waals surface area (Å²) in [5.41, 5.74) is 4.99. The van der Waals surface area contributed by atoms with E-state index >= 15 is 0 Å². The van der Waals surface area contributed by atoms with Crippen LogP contribution in [0.4, 0.5) is 0 Å². The molecule has 23 heavy (non-hydrogen) atoms.